The second kappa shape index (κ2) is 12.0. The SMILES string of the molecule is COc1ccc(OP(=S)(OC[C@@]2(C(F)F)O[C@@H](n3ccc(N)nc3=O)C(O)C2F)Oc2ccc(OC)cc2)cc1. The van der Waals surface area contributed by atoms with Crippen LogP contribution in [0.5, 0.6) is 23.0 Å². The van der Waals surface area contributed by atoms with Gasteiger partial charge in [-0.15, -0.1) is 0 Å². The number of nitrogens with zero attached hydrogens (tertiary/aromatic N) is 2. The standard InChI is InChI=1S/C24H25F3N3O8PS/c1-33-14-3-7-16(8-4-14)37-39(40,38-17-9-5-15(34-2)6-10-17)35-13-24(22(26)27)20(25)19(31)21(36-24)30-12-11-18(28)29-23(30)32/h3-12,19-22,31H,13H2,1-2H3,(H2,28,29,32)/t19?,20?,21-,24-/m1/s1. The number of aliphatic hydroxyl groups excluding tert-OH is 1. The third-order valence-electron chi connectivity index (χ3n) is 5.90. The summed E-state index contributed by atoms with van der Waals surface area (Å²) in [5, 5.41) is 10.5. The van der Waals surface area contributed by atoms with Crippen molar-refractivity contribution in [1.82, 2.24) is 9.55 Å². The molecule has 0 amide bonds. The molecule has 16 heteroatoms. The summed E-state index contributed by atoms with van der Waals surface area (Å²) in [6, 6.07) is 13.3. The monoisotopic (exact) mass is 603 g/mol. The number of benzene rings is 2. The first-order valence-corrected chi connectivity index (χ1v) is 14.1. The summed E-state index contributed by atoms with van der Waals surface area (Å²) < 4.78 is 77.6. The Labute approximate surface area is 231 Å². The Hall–Kier alpha value is -3.36. The van der Waals surface area contributed by atoms with Crippen molar-refractivity contribution in [2.24, 2.45) is 0 Å². The zero-order chi connectivity index (χ0) is 29.1. The van der Waals surface area contributed by atoms with Crippen LogP contribution >= 0.6 is 6.72 Å². The number of aliphatic hydroxyl groups is 1. The van der Waals surface area contributed by atoms with Crippen LogP contribution in [-0.4, -0.2) is 59.8 Å². The molecule has 1 saturated heterocycles. The average Bonchev–Trinajstić information content (AvgIpc) is 3.19. The van der Waals surface area contributed by atoms with E-state index in [2.05, 4.69) is 4.98 Å². The number of nitrogens with two attached hydrogens (primary N) is 1. The van der Waals surface area contributed by atoms with Gasteiger partial charge in [-0.3, -0.25) is 9.09 Å². The molecule has 0 spiro atoms. The number of rotatable bonds is 11. The lowest BCUT2D eigenvalue weighted by atomic mass is 9.98. The van der Waals surface area contributed by atoms with Crippen molar-refractivity contribution < 1.29 is 46.1 Å². The Balaban J connectivity index is 1.64. The Morgan fingerprint density at radius 2 is 1.55 bits per heavy atom. The fourth-order valence-electron chi connectivity index (χ4n) is 3.77. The topological polar surface area (TPSA) is 137 Å². The van der Waals surface area contributed by atoms with E-state index in [-0.39, 0.29) is 17.3 Å². The van der Waals surface area contributed by atoms with Crippen molar-refractivity contribution in [2.45, 2.75) is 30.5 Å². The van der Waals surface area contributed by atoms with Crippen LogP contribution in [-0.2, 0) is 21.1 Å². The number of nitrogen functional groups attached to an aromatic ring is 1. The van der Waals surface area contributed by atoms with Crippen molar-refractivity contribution >= 4 is 24.3 Å². The number of aromatic nitrogens is 2. The highest BCUT2D eigenvalue weighted by atomic mass is 32.5. The van der Waals surface area contributed by atoms with E-state index in [0.717, 1.165) is 12.3 Å². The molecule has 1 fully saturated rings. The average molecular weight is 604 g/mol. The summed E-state index contributed by atoms with van der Waals surface area (Å²) in [5.41, 5.74) is 1.36. The molecule has 4 atom stereocenters. The first-order chi connectivity index (χ1) is 19.0. The zero-order valence-corrected chi connectivity index (χ0v) is 22.8. The molecule has 1 aliphatic heterocycles. The Morgan fingerprint density at radius 1 is 1.05 bits per heavy atom. The Kier molecular flexibility index (Phi) is 8.90. The van der Waals surface area contributed by atoms with E-state index in [4.69, 9.17) is 45.3 Å². The lowest BCUT2D eigenvalue weighted by Gasteiger charge is -2.32. The third kappa shape index (κ3) is 6.18. The minimum Gasteiger partial charge on any atom is -0.497 e. The van der Waals surface area contributed by atoms with Crippen LogP contribution in [0.1, 0.15) is 6.23 Å². The van der Waals surface area contributed by atoms with Gasteiger partial charge in [0.15, 0.2) is 18.0 Å². The van der Waals surface area contributed by atoms with Gasteiger partial charge in [-0.05, 0) is 54.6 Å². The van der Waals surface area contributed by atoms with Crippen molar-refractivity contribution in [2.75, 3.05) is 26.6 Å². The molecule has 2 aromatic carbocycles. The molecule has 0 bridgehead atoms. The molecule has 1 aromatic heterocycles. The highest BCUT2D eigenvalue weighted by molar-refractivity contribution is 8.07. The summed E-state index contributed by atoms with van der Waals surface area (Å²) in [6.07, 6.45) is -9.27. The first-order valence-electron chi connectivity index (χ1n) is 11.5. The maximum atomic E-state index is 15.4. The number of hydrogen-bond donors (Lipinski definition) is 2. The Bertz CT molecular complexity index is 1360. The highest BCUT2D eigenvalue weighted by Gasteiger charge is 2.62. The van der Waals surface area contributed by atoms with Crippen LogP contribution in [0.3, 0.4) is 0 Å². The maximum absolute atomic E-state index is 15.4. The summed E-state index contributed by atoms with van der Waals surface area (Å²) in [5.74, 6) is 1.12. The van der Waals surface area contributed by atoms with E-state index in [1.807, 2.05) is 0 Å². The molecule has 4 rings (SSSR count). The van der Waals surface area contributed by atoms with Gasteiger partial charge in [0, 0.05) is 18.0 Å². The van der Waals surface area contributed by atoms with Crippen molar-refractivity contribution in [3.8, 4) is 23.0 Å². The van der Waals surface area contributed by atoms with Crippen molar-refractivity contribution in [1.29, 1.82) is 0 Å². The van der Waals surface area contributed by atoms with Gasteiger partial charge < -0.3 is 34.1 Å². The fourth-order valence-corrected chi connectivity index (χ4v) is 5.70. The van der Waals surface area contributed by atoms with E-state index in [9.17, 15) is 18.7 Å². The lowest BCUT2D eigenvalue weighted by Crippen LogP contribution is -2.50. The van der Waals surface area contributed by atoms with Gasteiger partial charge in [0.1, 0.15) is 34.9 Å². The van der Waals surface area contributed by atoms with E-state index in [1.165, 1.54) is 38.5 Å². The lowest BCUT2D eigenvalue weighted by molar-refractivity contribution is -0.183. The maximum Gasteiger partial charge on any atom is 0.435 e. The highest BCUT2D eigenvalue weighted by Crippen LogP contribution is 2.53. The van der Waals surface area contributed by atoms with Gasteiger partial charge in [-0.1, -0.05) is 0 Å². The van der Waals surface area contributed by atoms with Crippen LogP contribution in [0.25, 0.3) is 0 Å². The van der Waals surface area contributed by atoms with Crippen LogP contribution in [0, 0.1) is 0 Å². The minimum atomic E-state index is -4.01. The molecule has 2 heterocycles. The molecule has 40 heavy (non-hydrogen) atoms. The summed E-state index contributed by atoms with van der Waals surface area (Å²) in [6.45, 7) is -5.21. The summed E-state index contributed by atoms with van der Waals surface area (Å²) in [7, 11) is 2.93. The molecule has 11 nitrogen and oxygen atoms in total. The van der Waals surface area contributed by atoms with E-state index in [0.29, 0.717) is 16.1 Å². The number of anilines is 1. The van der Waals surface area contributed by atoms with Crippen LogP contribution in [0.2, 0.25) is 0 Å². The minimum absolute atomic E-state index is 0.144. The van der Waals surface area contributed by atoms with Crippen molar-refractivity contribution in [3.05, 3.63) is 71.3 Å². The quantitative estimate of drug-likeness (QED) is 0.312. The van der Waals surface area contributed by atoms with Gasteiger partial charge in [0.05, 0.1) is 20.8 Å². The van der Waals surface area contributed by atoms with Gasteiger partial charge >= 0.3 is 12.4 Å². The summed E-state index contributed by atoms with van der Waals surface area (Å²) in [4.78, 5) is 15.7. The van der Waals surface area contributed by atoms with Gasteiger partial charge in [0.2, 0.25) is 0 Å². The molecule has 3 N–H and O–H groups in total. The molecule has 3 aromatic rings. The molecule has 0 radical (unpaired) electrons. The Morgan fingerprint density at radius 3 is 2.00 bits per heavy atom. The predicted octanol–water partition coefficient (Wildman–Crippen LogP) is 3.47. The van der Waals surface area contributed by atoms with E-state index in [1.54, 1.807) is 24.3 Å². The van der Waals surface area contributed by atoms with Gasteiger partial charge in [-0.25, -0.2) is 18.0 Å². The molecular weight excluding hydrogens is 578 g/mol. The molecule has 1 aliphatic rings. The van der Waals surface area contributed by atoms with Gasteiger partial charge in [0.25, 0.3) is 6.43 Å². The number of methoxy groups -OCH3 is 2. The smallest absolute Gasteiger partial charge is 0.435 e. The molecule has 0 saturated carbocycles. The summed E-state index contributed by atoms with van der Waals surface area (Å²) >= 11 is 5.50. The molecular formula is C24H25F3N3O8PS. The predicted molar refractivity (Wildman–Crippen MR) is 140 cm³/mol. The number of halogens is 3. The second-order valence-corrected chi connectivity index (χ2v) is 11.3. The largest absolute Gasteiger partial charge is 0.497 e. The van der Waals surface area contributed by atoms with Crippen LogP contribution in [0.4, 0.5) is 19.0 Å². The molecule has 216 valence electrons. The normalized spacial score (nSPS) is 22.7. The molecule has 2 unspecified atom stereocenters. The fraction of sp³-hybridized carbons (Fsp3) is 0.333. The van der Waals surface area contributed by atoms with Crippen LogP contribution in [0.15, 0.2) is 65.6 Å². The third-order valence-corrected chi connectivity index (χ3v) is 7.97. The first kappa shape index (κ1) is 29.6. The van der Waals surface area contributed by atoms with Crippen molar-refractivity contribution in [3.63, 3.8) is 0 Å². The number of ether oxygens (including phenoxy) is 3. The van der Waals surface area contributed by atoms with Crippen LogP contribution < -0.4 is 29.9 Å². The second-order valence-electron chi connectivity index (χ2n) is 8.45. The number of hydrogen-bond acceptors (Lipinski definition) is 11. The van der Waals surface area contributed by atoms with E-state index >= 15 is 4.39 Å². The molecule has 0 aliphatic carbocycles. The van der Waals surface area contributed by atoms with Gasteiger partial charge in [-0.2, -0.15) is 4.98 Å². The zero-order valence-electron chi connectivity index (χ0n) is 21.1. The van der Waals surface area contributed by atoms with E-state index < -0.39 is 49.5 Å². The number of alkyl halides is 3.